The van der Waals surface area contributed by atoms with Gasteiger partial charge in [-0.05, 0) is 60.3 Å². The van der Waals surface area contributed by atoms with E-state index < -0.39 is 25.5 Å². The molecule has 0 saturated carbocycles. The molecule has 3 heterocycles. The number of aryl methyl sites for hydroxylation is 1. The van der Waals surface area contributed by atoms with E-state index in [1.807, 2.05) is 29.8 Å². The van der Waals surface area contributed by atoms with Crippen LogP contribution >= 0.6 is 0 Å². The van der Waals surface area contributed by atoms with Gasteiger partial charge in [0.2, 0.25) is 0 Å². The molecule has 0 spiro atoms. The van der Waals surface area contributed by atoms with Crippen LogP contribution in [0.15, 0.2) is 48.8 Å². The molecule has 5 rings (SSSR count). The van der Waals surface area contributed by atoms with Gasteiger partial charge in [0, 0.05) is 50.9 Å². The van der Waals surface area contributed by atoms with Gasteiger partial charge in [0.05, 0.1) is 30.2 Å². The van der Waals surface area contributed by atoms with E-state index in [9.17, 15) is 10.1 Å². The van der Waals surface area contributed by atoms with Crippen LogP contribution in [0.25, 0.3) is 22.2 Å². The number of hydrogen-bond donors (Lipinski definition) is 0. The third kappa shape index (κ3) is 7.67. The minimum atomic E-state index is -1.29. The lowest BCUT2D eigenvalue weighted by molar-refractivity contribution is -0.125. The first-order chi connectivity index (χ1) is 21.4. The summed E-state index contributed by atoms with van der Waals surface area (Å²) >= 11 is 0. The molecule has 0 atom stereocenters. The van der Waals surface area contributed by atoms with Crippen molar-refractivity contribution >= 4 is 24.9 Å². The molecule has 4 aromatic rings. The smallest absolute Gasteiger partial charge is 0.198 e. The number of nitrogens with zero attached hydrogens (tertiary/aromatic N) is 3. The van der Waals surface area contributed by atoms with Crippen LogP contribution < -0.4 is 4.74 Å². The molecule has 7 nitrogen and oxygen atoms in total. The van der Waals surface area contributed by atoms with Crippen LogP contribution in [0.4, 0.5) is 8.78 Å². The highest BCUT2D eigenvalue weighted by Gasteiger charge is 2.33. The number of Topliss-reactive ketones (excluding diaryl/α,β-unsaturated/α-hetero) is 1. The number of carbonyl (C=O) groups is 1. The first-order valence-electron chi connectivity index (χ1n) is 15.2. The van der Waals surface area contributed by atoms with Gasteiger partial charge in [-0.2, -0.15) is 5.26 Å². The zero-order valence-electron chi connectivity index (χ0n) is 26.5. The van der Waals surface area contributed by atoms with Crippen molar-refractivity contribution in [3.8, 4) is 28.7 Å². The van der Waals surface area contributed by atoms with Crippen molar-refractivity contribution in [1.29, 1.82) is 5.26 Å². The summed E-state index contributed by atoms with van der Waals surface area (Å²) in [5.74, 6) is -2.21. The monoisotopic (exact) mass is 631 g/mol. The lowest BCUT2D eigenvalue weighted by Crippen LogP contribution is -2.40. The van der Waals surface area contributed by atoms with E-state index in [4.69, 9.17) is 14.2 Å². The number of nitriles is 1. The molecule has 0 unspecified atom stereocenters. The number of aromatic nitrogens is 2. The highest BCUT2D eigenvalue weighted by molar-refractivity contribution is 6.76. The zero-order valence-corrected chi connectivity index (χ0v) is 27.5. The number of ketones is 1. The number of fused-ring (bicyclic) bond motifs is 1. The first-order valence-corrected chi connectivity index (χ1v) is 18.9. The highest BCUT2D eigenvalue weighted by Crippen LogP contribution is 2.40. The van der Waals surface area contributed by atoms with Crippen molar-refractivity contribution in [2.75, 3.05) is 19.8 Å². The van der Waals surface area contributed by atoms with E-state index in [2.05, 4.69) is 37.6 Å². The molecule has 1 aliphatic heterocycles. The molecule has 0 amide bonds. The average Bonchev–Trinajstić information content (AvgIpc) is 3.34. The Labute approximate surface area is 263 Å². The predicted octanol–water partition coefficient (Wildman–Crippen LogP) is 8.19. The average molecular weight is 632 g/mol. The largest absolute Gasteiger partial charge is 0.450 e. The second-order valence-corrected chi connectivity index (χ2v) is 19.1. The van der Waals surface area contributed by atoms with E-state index in [0.717, 1.165) is 34.9 Å². The van der Waals surface area contributed by atoms with Crippen molar-refractivity contribution in [3.05, 3.63) is 77.1 Å². The Bertz CT molecular complexity index is 1750. The third-order valence-corrected chi connectivity index (χ3v) is 9.89. The van der Waals surface area contributed by atoms with Gasteiger partial charge in [-0.25, -0.2) is 13.8 Å². The molecule has 0 radical (unpaired) electrons. The zero-order chi connectivity index (χ0) is 32.4. The first kappa shape index (κ1) is 32.5. The summed E-state index contributed by atoms with van der Waals surface area (Å²) in [4.78, 5) is 17.2. The van der Waals surface area contributed by atoms with Crippen molar-refractivity contribution in [2.24, 2.45) is 5.41 Å². The number of benzene rings is 2. The summed E-state index contributed by atoms with van der Waals surface area (Å²) in [6, 6.07) is 12.5. The van der Waals surface area contributed by atoms with Crippen LogP contribution in [0.3, 0.4) is 0 Å². The quantitative estimate of drug-likeness (QED) is 0.109. The van der Waals surface area contributed by atoms with Crippen LogP contribution in [0.5, 0.6) is 11.5 Å². The van der Waals surface area contributed by atoms with Crippen LogP contribution in [0.1, 0.15) is 36.5 Å². The Kier molecular flexibility index (Phi) is 9.54. The lowest BCUT2D eigenvalue weighted by Gasteiger charge is -2.37. The Hall–Kier alpha value is -3.91. The van der Waals surface area contributed by atoms with Crippen molar-refractivity contribution in [3.63, 3.8) is 0 Å². The normalized spacial score (nSPS) is 14.3. The number of carbonyl (C=O) groups excluding carboxylic acids is 1. The molecule has 2 aromatic carbocycles. The summed E-state index contributed by atoms with van der Waals surface area (Å²) in [7, 11) is -1.29. The Balaban J connectivity index is 1.45. The lowest BCUT2D eigenvalue weighted by atomic mass is 9.82. The molecular formula is C35H39F2N3O4Si. The van der Waals surface area contributed by atoms with Gasteiger partial charge in [0.25, 0.3) is 0 Å². The Morgan fingerprint density at radius 1 is 1.16 bits per heavy atom. The van der Waals surface area contributed by atoms with E-state index in [-0.39, 0.29) is 35.7 Å². The summed E-state index contributed by atoms with van der Waals surface area (Å²) in [5.41, 5.74) is 3.66. The van der Waals surface area contributed by atoms with Crippen LogP contribution in [-0.2, 0) is 27.4 Å². The molecule has 10 heteroatoms. The second kappa shape index (κ2) is 13.2. The molecule has 0 aliphatic carbocycles. The third-order valence-electron chi connectivity index (χ3n) is 8.18. The fraction of sp³-hybridized carbons (Fsp3) is 0.400. The molecule has 1 fully saturated rings. The topological polar surface area (TPSA) is 86.4 Å². The van der Waals surface area contributed by atoms with Crippen LogP contribution in [-0.4, -0.2) is 43.2 Å². The van der Waals surface area contributed by atoms with Gasteiger partial charge in [0.15, 0.2) is 17.4 Å². The molecule has 1 saturated heterocycles. The number of rotatable bonds is 13. The van der Waals surface area contributed by atoms with Gasteiger partial charge in [0.1, 0.15) is 23.9 Å². The summed E-state index contributed by atoms with van der Waals surface area (Å²) in [6.45, 7) is 12.9. The van der Waals surface area contributed by atoms with Crippen molar-refractivity contribution < 1.29 is 27.8 Å². The fourth-order valence-corrected chi connectivity index (χ4v) is 6.12. The van der Waals surface area contributed by atoms with E-state index in [1.54, 1.807) is 12.1 Å². The van der Waals surface area contributed by atoms with E-state index >= 15 is 8.78 Å². The minimum Gasteiger partial charge on any atom is -0.450 e. The number of halogens is 2. The standard InChI is InChI=1S/C35H39F2N3O4Si/c1-23-14-25(6-7-26(23)18-38)28-19-40(22-42-12-13-45(3,4)5)34-32(28)31(9-11-39-34)44-33-29(36)16-24(17-30(33)37)15-27(41)8-10-35(2)20-43-21-35/h6-7,9,11,14,16-17,19H,8,10,12-13,15,20-22H2,1-5H3. The maximum absolute atomic E-state index is 15.4. The number of hydrogen-bond acceptors (Lipinski definition) is 6. The Morgan fingerprint density at radius 2 is 1.89 bits per heavy atom. The molecule has 0 bridgehead atoms. The fourth-order valence-electron chi connectivity index (χ4n) is 5.36. The van der Waals surface area contributed by atoms with Gasteiger partial charge in [-0.1, -0.05) is 38.7 Å². The maximum Gasteiger partial charge on any atom is 0.198 e. The van der Waals surface area contributed by atoms with Gasteiger partial charge >= 0.3 is 0 Å². The molecule has 2 aromatic heterocycles. The molecule has 0 N–H and O–H groups in total. The van der Waals surface area contributed by atoms with E-state index in [1.165, 1.54) is 6.20 Å². The molecular weight excluding hydrogens is 592 g/mol. The summed E-state index contributed by atoms with van der Waals surface area (Å²) in [5, 5.41) is 10.00. The highest BCUT2D eigenvalue weighted by atomic mass is 28.3. The van der Waals surface area contributed by atoms with Gasteiger partial charge in [-0.15, -0.1) is 0 Å². The number of pyridine rings is 1. The van der Waals surface area contributed by atoms with Crippen molar-refractivity contribution in [2.45, 2.75) is 65.5 Å². The summed E-state index contributed by atoms with van der Waals surface area (Å²) < 4.78 is 49.9. The molecule has 45 heavy (non-hydrogen) atoms. The van der Waals surface area contributed by atoms with Crippen molar-refractivity contribution in [1.82, 2.24) is 9.55 Å². The second-order valence-electron chi connectivity index (χ2n) is 13.5. The van der Waals surface area contributed by atoms with Gasteiger partial charge in [-0.3, -0.25) is 4.79 Å². The predicted molar refractivity (Wildman–Crippen MR) is 172 cm³/mol. The number of ether oxygens (including phenoxy) is 3. The van der Waals surface area contributed by atoms with Gasteiger partial charge < -0.3 is 18.8 Å². The molecule has 1 aliphatic rings. The Morgan fingerprint density at radius 3 is 2.51 bits per heavy atom. The van der Waals surface area contributed by atoms with E-state index in [0.29, 0.717) is 49.3 Å². The molecule has 236 valence electrons. The maximum atomic E-state index is 15.4. The summed E-state index contributed by atoms with van der Waals surface area (Å²) in [6.07, 6.45) is 4.36. The SMILES string of the molecule is Cc1cc(-c2cn(COCC[Si](C)(C)C)c3nccc(Oc4c(F)cc(CC(=O)CCC5(C)COC5)cc4F)c23)ccc1C#N. The van der Waals surface area contributed by atoms with Crippen LogP contribution in [0, 0.1) is 35.3 Å². The minimum absolute atomic E-state index is 0.00586. The van der Waals surface area contributed by atoms with Crippen LogP contribution in [0.2, 0.25) is 25.7 Å².